The normalized spacial score (nSPS) is 10.5. The molecule has 2 aromatic carbocycles. The zero-order valence-corrected chi connectivity index (χ0v) is 14.3. The van der Waals surface area contributed by atoms with Crippen molar-refractivity contribution < 1.29 is 13.6 Å². The van der Waals surface area contributed by atoms with E-state index in [-0.39, 0.29) is 17.4 Å². The zero-order valence-electron chi connectivity index (χ0n) is 14.3. The van der Waals surface area contributed by atoms with Crippen LogP contribution in [0.2, 0.25) is 0 Å². The maximum atomic E-state index is 13.7. The Bertz CT molecular complexity index is 915. The van der Waals surface area contributed by atoms with Crippen LogP contribution in [0, 0.1) is 25.5 Å². The van der Waals surface area contributed by atoms with E-state index < -0.39 is 11.6 Å². The van der Waals surface area contributed by atoms with Crippen LogP contribution in [-0.4, -0.2) is 10.9 Å². The van der Waals surface area contributed by atoms with Crippen LogP contribution < -0.4 is 10.6 Å². The van der Waals surface area contributed by atoms with E-state index in [0.717, 1.165) is 23.3 Å². The Morgan fingerprint density at radius 1 is 0.962 bits per heavy atom. The predicted molar refractivity (Wildman–Crippen MR) is 97.7 cm³/mol. The Morgan fingerprint density at radius 2 is 1.62 bits per heavy atom. The lowest BCUT2D eigenvalue weighted by Gasteiger charge is -2.10. The molecule has 4 nitrogen and oxygen atoms in total. The first-order chi connectivity index (χ1) is 12.4. The second-order valence-electron chi connectivity index (χ2n) is 5.98. The van der Waals surface area contributed by atoms with Crippen molar-refractivity contribution in [1.82, 2.24) is 4.98 Å². The highest BCUT2D eigenvalue weighted by Gasteiger charge is 2.11. The summed E-state index contributed by atoms with van der Waals surface area (Å²) in [6, 6.07) is 12.4. The van der Waals surface area contributed by atoms with Crippen LogP contribution >= 0.6 is 0 Å². The minimum Gasteiger partial charge on any atom is -0.335 e. The van der Waals surface area contributed by atoms with E-state index in [0.29, 0.717) is 11.3 Å². The molecule has 3 rings (SSSR count). The Kier molecular flexibility index (Phi) is 4.93. The Balaban J connectivity index is 1.73. The molecule has 3 aromatic rings. The van der Waals surface area contributed by atoms with Crippen molar-refractivity contribution in [2.75, 3.05) is 10.6 Å². The van der Waals surface area contributed by atoms with Crippen LogP contribution in [0.25, 0.3) is 0 Å². The highest BCUT2D eigenvalue weighted by Crippen LogP contribution is 2.22. The molecule has 0 spiro atoms. The second kappa shape index (κ2) is 7.31. The molecule has 1 heterocycles. The Hall–Kier alpha value is -3.28. The maximum Gasteiger partial charge on any atom is 0.257 e. The topological polar surface area (TPSA) is 54.0 Å². The van der Waals surface area contributed by atoms with Gasteiger partial charge in [-0.2, -0.15) is 0 Å². The van der Waals surface area contributed by atoms with Gasteiger partial charge in [0.25, 0.3) is 5.91 Å². The van der Waals surface area contributed by atoms with Crippen molar-refractivity contribution in [2.45, 2.75) is 13.8 Å². The molecule has 0 aliphatic carbocycles. The van der Waals surface area contributed by atoms with Crippen LogP contribution in [-0.2, 0) is 0 Å². The summed E-state index contributed by atoms with van der Waals surface area (Å²) in [4.78, 5) is 16.4. The van der Waals surface area contributed by atoms with E-state index in [9.17, 15) is 13.6 Å². The first kappa shape index (κ1) is 17.5. The molecule has 1 amide bonds. The molecule has 132 valence electrons. The lowest BCUT2D eigenvalue weighted by atomic mass is 10.1. The number of pyridine rings is 1. The van der Waals surface area contributed by atoms with Gasteiger partial charge in [0, 0.05) is 11.9 Å². The van der Waals surface area contributed by atoms with Crippen molar-refractivity contribution in [3.63, 3.8) is 0 Å². The van der Waals surface area contributed by atoms with Gasteiger partial charge in [-0.1, -0.05) is 12.1 Å². The summed E-state index contributed by atoms with van der Waals surface area (Å²) in [7, 11) is 0. The molecule has 0 fully saturated rings. The lowest BCUT2D eigenvalue weighted by molar-refractivity contribution is 0.102. The predicted octanol–water partition coefficient (Wildman–Crippen LogP) is 4.97. The summed E-state index contributed by atoms with van der Waals surface area (Å²) in [6.45, 7) is 3.90. The number of rotatable bonds is 4. The largest absolute Gasteiger partial charge is 0.335 e. The first-order valence-corrected chi connectivity index (χ1v) is 7.99. The van der Waals surface area contributed by atoms with Gasteiger partial charge in [-0.25, -0.2) is 13.8 Å². The second-order valence-corrected chi connectivity index (χ2v) is 5.98. The van der Waals surface area contributed by atoms with Crippen LogP contribution in [0.3, 0.4) is 0 Å². The van der Waals surface area contributed by atoms with Gasteiger partial charge in [-0.15, -0.1) is 0 Å². The van der Waals surface area contributed by atoms with Gasteiger partial charge in [0.1, 0.15) is 23.1 Å². The van der Waals surface area contributed by atoms with Crippen molar-refractivity contribution in [3.8, 4) is 0 Å². The number of nitrogens with one attached hydrogen (secondary N) is 2. The standard InChI is InChI=1S/C20H17F2N3O/c1-12-8-13(2)10-15(9-12)24-20(26)14-6-7-18(23-11-14)25-19-16(21)4-3-5-17(19)22/h3-11H,1-2H3,(H,23,25)(H,24,26). The molecular weight excluding hydrogens is 336 g/mol. The number of carbonyl (C=O) groups is 1. The summed E-state index contributed by atoms with van der Waals surface area (Å²) in [5.74, 6) is -1.52. The Morgan fingerprint density at radius 3 is 2.19 bits per heavy atom. The van der Waals surface area contributed by atoms with Crippen LogP contribution in [0.5, 0.6) is 0 Å². The van der Waals surface area contributed by atoms with E-state index in [1.54, 1.807) is 0 Å². The number of aromatic nitrogens is 1. The SMILES string of the molecule is Cc1cc(C)cc(NC(=O)c2ccc(Nc3c(F)cccc3F)nc2)c1. The van der Waals surface area contributed by atoms with Gasteiger partial charge in [0.15, 0.2) is 0 Å². The van der Waals surface area contributed by atoms with Gasteiger partial charge in [-0.3, -0.25) is 4.79 Å². The minimum atomic E-state index is -0.719. The van der Waals surface area contributed by atoms with Crippen LogP contribution in [0.4, 0.5) is 26.0 Å². The lowest BCUT2D eigenvalue weighted by Crippen LogP contribution is -2.12. The zero-order chi connectivity index (χ0) is 18.7. The number of aryl methyl sites for hydroxylation is 2. The van der Waals surface area contributed by atoms with E-state index in [1.807, 2.05) is 32.0 Å². The Labute approximate surface area is 149 Å². The number of hydrogen-bond acceptors (Lipinski definition) is 3. The molecule has 6 heteroatoms. The van der Waals surface area contributed by atoms with Crippen LogP contribution in [0.1, 0.15) is 21.5 Å². The quantitative estimate of drug-likeness (QED) is 0.696. The van der Waals surface area contributed by atoms with E-state index >= 15 is 0 Å². The van der Waals surface area contributed by atoms with Crippen molar-refractivity contribution >= 4 is 23.1 Å². The van der Waals surface area contributed by atoms with Crippen molar-refractivity contribution in [3.05, 3.63) is 83.1 Å². The average molecular weight is 353 g/mol. The number of anilines is 3. The first-order valence-electron chi connectivity index (χ1n) is 7.99. The molecule has 0 bridgehead atoms. The molecule has 0 radical (unpaired) electrons. The third-order valence-corrected chi connectivity index (χ3v) is 3.72. The molecule has 0 saturated carbocycles. The third kappa shape index (κ3) is 4.03. The minimum absolute atomic E-state index is 0.233. The van der Waals surface area contributed by atoms with Crippen molar-refractivity contribution in [2.24, 2.45) is 0 Å². The molecule has 0 unspecified atom stereocenters. The third-order valence-electron chi connectivity index (χ3n) is 3.72. The summed E-state index contributed by atoms with van der Waals surface area (Å²) in [5.41, 5.74) is 2.84. The number of halogens is 2. The summed E-state index contributed by atoms with van der Waals surface area (Å²) < 4.78 is 27.3. The molecule has 2 N–H and O–H groups in total. The average Bonchev–Trinajstić information content (AvgIpc) is 2.58. The van der Waals surface area contributed by atoms with E-state index in [2.05, 4.69) is 15.6 Å². The van der Waals surface area contributed by atoms with Crippen LogP contribution in [0.15, 0.2) is 54.7 Å². The van der Waals surface area contributed by atoms with Gasteiger partial charge in [0.05, 0.1) is 5.56 Å². The van der Waals surface area contributed by atoms with Crippen molar-refractivity contribution in [1.29, 1.82) is 0 Å². The summed E-state index contributed by atoms with van der Waals surface area (Å²) >= 11 is 0. The summed E-state index contributed by atoms with van der Waals surface area (Å²) in [5, 5.41) is 5.39. The van der Waals surface area contributed by atoms with Gasteiger partial charge >= 0.3 is 0 Å². The molecule has 0 aliphatic heterocycles. The number of para-hydroxylation sites is 1. The number of benzene rings is 2. The van der Waals surface area contributed by atoms with Gasteiger partial charge in [0.2, 0.25) is 0 Å². The molecule has 0 atom stereocenters. The highest BCUT2D eigenvalue weighted by molar-refractivity contribution is 6.04. The molecule has 1 aromatic heterocycles. The number of hydrogen-bond donors (Lipinski definition) is 2. The fraction of sp³-hybridized carbons (Fsp3) is 0.100. The fourth-order valence-corrected chi connectivity index (χ4v) is 2.60. The van der Waals surface area contributed by atoms with Gasteiger partial charge < -0.3 is 10.6 Å². The number of carbonyl (C=O) groups excluding carboxylic acids is 1. The molecule has 26 heavy (non-hydrogen) atoms. The fourth-order valence-electron chi connectivity index (χ4n) is 2.60. The number of nitrogens with zero attached hydrogens (tertiary/aromatic N) is 1. The van der Waals surface area contributed by atoms with E-state index in [1.165, 1.54) is 24.4 Å². The smallest absolute Gasteiger partial charge is 0.257 e. The monoisotopic (exact) mass is 353 g/mol. The van der Waals surface area contributed by atoms with E-state index in [4.69, 9.17) is 0 Å². The number of amides is 1. The maximum absolute atomic E-state index is 13.7. The summed E-state index contributed by atoms with van der Waals surface area (Å²) in [6.07, 6.45) is 1.35. The van der Waals surface area contributed by atoms with Gasteiger partial charge in [-0.05, 0) is 61.4 Å². The molecule has 0 saturated heterocycles. The molecule has 0 aliphatic rings. The highest BCUT2D eigenvalue weighted by atomic mass is 19.1. The molecular formula is C20H17F2N3O.